The first kappa shape index (κ1) is 14.8. The second kappa shape index (κ2) is 6.20. The summed E-state index contributed by atoms with van der Waals surface area (Å²) < 4.78 is 26.8. The van der Waals surface area contributed by atoms with Crippen LogP contribution in [0.3, 0.4) is 0 Å². The Labute approximate surface area is 121 Å². The molecule has 2 N–H and O–H groups in total. The zero-order valence-electron chi connectivity index (χ0n) is 10.8. The molecule has 1 atom stereocenters. The van der Waals surface area contributed by atoms with Crippen molar-refractivity contribution in [3.8, 4) is 5.75 Å². The van der Waals surface area contributed by atoms with Gasteiger partial charge >= 0.3 is 0 Å². The summed E-state index contributed by atoms with van der Waals surface area (Å²) in [5, 5.41) is 13.1. The summed E-state index contributed by atoms with van der Waals surface area (Å²) in [5.74, 6) is -0.901. The SMILES string of the molecule is CC(NCc1c(O)cccc1Cl)c1cc(F)ccc1F. The van der Waals surface area contributed by atoms with Crippen molar-refractivity contribution in [3.05, 3.63) is 64.2 Å². The molecule has 5 heteroatoms. The molecule has 1 unspecified atom stereocenters. The van der Waals surface area contributed by atoms with Gasteiger partial charge in [0.1, 0.15) is 17.4 Å². The lowest BCUT2D eigenvalue weighted by Gasteiger charge is -2.16. The molecular formula is C15H14ClF2NO. The molecule has 20 heavy (non-hydrogen) atoms. The summed E-state index contributed by atoms with van der Waals surface area (Å²) in [4.78, 5) is 0. The number of phenols is 1. The molecule has 0 bridgehead atoms. The fourth-order valence-electron chi connectivity index (χ4n) is 1.93. The molecule has 0 aliphatic rings. The molecule has 106 valence electrons. The number of hydrogen-bond donors (Lipinski definition) is 2. The number of nitrogens with one attached hydrogen (secondary N) is 1. The van der Waals surface area contributed by atoms with Gasteiger partial charge in [0, 0.05) is 28.7 Å². The van der Waals surface area contributed by atoms with Gasteiger partial charge in [-0.1, -0.05) is 17.7 Å². The molecule has 0 amide bonds. The molecule has 0 aliphatic carbocycles. The highest BCUT2D eigenvalue weighted by molar-refractivity contribution is 6.31. The highest BCUT2D eigenvalue weighted by Crippen LogP contribution is 2.26. The fraction of sp³-hybridized carbons (Fsp3) is 0.200. The smallest absolute Gasteiger partial charge is 0.128 e. The molecule has 2 aromatic carbocycles. The second-order valence-corrected chi connectivity index (χ2v) is 4.91. The summed E-state index contributed by atoms with van der Waals surface area (Å²) in [6, 6.07) is 7.72. The lowest BCUT2D eigenvalue weighted by Crippen LogP contribution is -2.19. The number of halogens is 3. The molecule has 0 radical (unpaired) electrons. The first-order valence-electron chi connectivity index (χ1n) is 6.13. The van der Waals surface area contributed by atoms with E-state index in [0.717, 1.165) is 18.2 Å². The molecule has 0 spiro atoms. The van der Waals surface area contributed by atoms with Crippen molar-refractivity contribution in [2.45, 2.75) is 19.5 Å². The van der Waals surface area contributed by atoms with Crippen molar-refractivity contribution in [1.29, 1.82) is 0 Å². The number of aromatic hydroxyl groups is 1. The largest absolute Gasteiger partial charge is 0.508 e. The summed E-state index contributed by atoms with van der Waals surface area (Å²) in [7, 11) is 0. The Bertz CT molecular complexity index is 599. The normalized spacial score (nSPS) is 12.4. The van der Waals surface area contributed by atoms with E-state index >= 15 is 0 Å². The van der Waals surface area contributed by atoms with Crippen LogP contribution in [-0.2, 0) is 6.54 Å². The molecule has 0 aliphatic heterocycles. The Morgan fingerprint density at radius 3 is 2.70 bits per heavy atom. The maximum atomic E-state index is 13.6. The van der Waals surface area contributed by atoms with Gasteiger partial charge in [0.15, 0.2) is 0 Å². The molecule has 0 fully saturated rings. The predicted octanol–water partition coefficient (Wildman–Crippen LogP) is 4.17. The maximum Gasteiger partial charge on any atom is 0.128 e. The van der Waals surface area contributed by atoms with E-state index in [1.54, 1.807) is 19.1 Å². The summed E-state index contributed by atoms with van der Waals surface area (Å²) >= 11 is 5.98. The van der Waals surface area contributed by atoms with Crippen LogP contribution in [0.2, 0.25) is 5.02 Å². The van der Waals surface area contributed by atoms with Gasteiger partial charge in [0.25, 0.3) is 0 Å². The predicted molar refractivity (Wildman–Crippen MR) is 74.7 cm³/mol. The van der Waals surface area contributed by atoms with Gasteiger partial charge in [0.2, 0.25) is 0 Å². The van der Waals surface area contributed by atoms with Crippen LogP contribution in [0.5, 0.6) is 5.75 Å². The van der Waals surface area contributed by atoms with Gasteiger partial charge in [0.05, 0.1) is 0 Å². The van der Waals surface area contributed by atoms with Gasteiger partial charge in [-0.25, -0.2) is 8.78 Å². The molecule has 0 heterocycles. The van der Waals surface area contributed by atoms with Crippen LogP contribution in [0.1, 0.15) is 24.1 Å². The van der Waals surface area contributed by atoms with Crippen LogP contribution in [0.25, 0.3) is 0 Å². The van der Waals surface area contributed by atoms with Crippen LogP contribution in [-0.4, -0.2) is 5.11 Å². The number of benzene rings is 2. The molecule has 2 aromatic rings. The third-order valence-electron chi connectivity index (χ3n) is 3.10. The maximum absolute atomic E-state index is 13.6. The second-order valence-electron chi connectivity index (χ2n) is 4.51. The van der Waals surface area contributed by atoms with Crippen molar-refractivity contribution < 1.29 is 13.9 Å². The van der Waals surface area contributed by atoms with E-state index in [1.807, 2.05) is 0 Å². The molecule has 2 rings (SSSR count). The summed E-state index contributed by atoms with van der Waals surface area (Å²) in [6.45, 7) is 1.97. The molecule has 0 aromatic heterocycles. The Hall–Kier alpha value is -1.65. The van der Waals surface area contributed by atoms with Gasteiger partial charge in [-0.15, -0.1) is 0 Å². The average molecular weight is 298 g/mol. The summed E-state index contributed by atoms with van der Waals surface area (Å²) in [5.41, 5.74) is 0.759. The number of hydrogen-bond acceptors (Lipinski definition) is 2. The zero-order chi connectivity index (χ0) is 14.7. The van der Waals surface area contributed by atoms with Crippen molar-refractivity contribution in [1.82, 2.24) is 5.32 Å². The zero-order valence-corrected chi connectivity index (χ0v) is 11.6. The molecule has 0 saturated carbocycles. The van der Waals surface area contributed by atoms with E-state index in [9.17, 15) is 13.9 Å². The Balaban J connectivity index is 2.13. The monoisotopic (exact) mass is 297 g/mol. The topological polar surface area (TPSA) is 32.3 Å². The van der Waals surface area contributed by atoms with Gasteiger partial charge in [-0.2, -0.15) is 0 Å². The van der Waals surface area contributed by atoms with Crippen LogP contribution >= 0.6 is 11.6 Å². The standard InChI is InChI=1S/C15H14ClF2NO/c1-9(11-7-10(17)5-6-14(11)18)19-8-12-13(16)3-2-4-15(12)20/h2-7,9,19-20H,8H2,1H3. The first-order valence-corrected chi connectivity index (χ1v) is 6.51. The van der Waals surface area contributed by atoms with E-state index < -0.39 is 17.7 Å². The highest BCUT2D eigenvalue weighted by Gasteiger charge is 2.13. The van der Waals surface area contributed by atoms with Crippen LogP contribution in [0.4, 0.5) is 8.78 Å². The van der Waals surface area contributed by atoms with Crippen LogP contribution in [0.15, 0.2) is 36.4 Å². The first-order chi connectivity index (χ1) is 9.49. The fourth-order valence-corrected chi connectivity index (χ4v) is 2.17. The van der Waals surface area contributed by atoms with E-state index in [1.165, 1.54) is 6.07 Å². The quantitative estimate of drug-likeness (QED) is 0.887. The minimum atomic E-state index is -0.490. The van der Waals surface area contributed by atoms with E-state index in [2.05, 4.69) is 5.32 Å². The van der Waals surface area contributed by atoms with E-state index in [0.29, 0.717) is 10.6 Å². The third-order valence-corrected chi connectivity index (χ3v) is 3.46. The Kier molecular flexibility index (Phi) is 4.57. The van der Waals surface area contributed by atoms with Crippen LogP contribution in [0, 0.1) is 11.6 Å². The third kappa shape index (κ3) is 3.26. The van der Waals surface area contributed by atoms with E-state index in [-0.39, 0.29) is 17.9 Å². The summed E-state index contributed by atoms with van der Waals surface area (Å²) in [6.07, 6.45) is 0. The van der Waals surface area contributed by atoms with Gasteiger partial charge < -0.3 is 10.4 Å². The minimum Gasteiger partial charge on any atom is -0.508 e. The van der Waals surface area contributed by atoms with E-state index in [4.69, 9.17) is 11.6 Å². The van der Waals surface area contributed by atoms with Crippen molar-refractivity contribution in [2.75, 3.05) is 0 Å². The number of phenolic OH excluding ortho intramolecular Hbond substituents is 1. The lowest BCUT2D eigenvalue weighted by atomic mass is 10.1. The van der Waals surface area contributed by atoms with Gasteiger partial charge in [-0.3, -0.25) is 0 Å². The molecule has 0 saturated heterocycles. The highest BCUT2D eigenvalue weighted by atomic mass is 35.5. The lowest BCUT2D eigenvalue weighted by molar-refractivity contribution is 0.458. The number of rotatable bonds is 4. The van der Waals surface area contributed by atoms with Crippen molar-refractivity contribution >= 4 is 11.6 Å². The average Bonchev–Trinajstić information content (AvgIpc) is 2.40. The Morgan fingerprint density at radius 2 is 2.00 bits per heavy atom. The minimum absolute atomic E-state index is 0.0666. The molecule has 2 nitrogen and oxygen atoms in total. The van der Waals surface area contributed by atoms with Crippen LogP contribution < -0.4 is 5.32 Å². The van der Waals surface area contributed by atoms with Crippen molar-refractivity contribution in [3.63, 3.8) is 0 Å². The van der Waals surface area contributed by atoms with Crippen molar-refractivity contribution in [2.24, 2.45) is 0 Å². The molecular weight excluding hydrogens is 284 g/mol. The van der Waals surface area contributed by atoms with Gasteiger partial charge in [-0.05, 0) is 37.3 Å². The Morgan fingerprint density at radius 1 is 1.25 bits per heavy atom.